The van der Waals surface area contributed by atoms with Crippen molar-refractivity contribution in [1.82, 2.24) is 5.32 Å². The number of benzene rings is 1. The lowest BCUT2D eigenvalue weighted by atomic mass is 10.1. The predicted molar refractivity (Wildman–Crippen MR) is 63.5 cm³/mol. The summed E-state index contributed by atoms with van der Waals surface area (Å²) >= 11 is 0. The molecule has 0 aromatic heterocycles. The predicted octanol–water partition coefficient (Wildman–Crippen LogP) is 0.907. The molecule has 0 bridgehead atoms. The van der Waals surface area contributed by atoms with Gasteiger partial charge in [0.15, 0.2) is 17.3 Å². The number of Topliss-reactive ketones (excluding diaryl/α,β-unsaturated/α-hetero) is 1. The molecular formula is C12H17NO4. The van der Waals surface area contributed by atoms with Crippen molar-refractivity contribution in [2.24, 2.45) is 0 Å². The summed E-state index contributed by atoms with van der Waals surface area (Å²) in [7, 11) is 1.63. The highest BCUT2D eigenvalue weighted by Gasteiger charge is 2.08. The van der Waals surface area contributed by atoms with Crippen molar-refractivity contribution in [3.63, 3.8) is 0 Å². The molecule has 0 saturated heterocycles. The standard InChI is InChI=1S/C12H17NO4/c1-17-6-2-5-13-8-12(16)9-3-4-10(14)11(15)7-9/h3-4,7,13-15H,2,5-6,8H2,1H3. The van der Waals surface area contributed by atoms with E-state index in [9.17, 15) is 9.90 Å². The minimum Gasteiger partial charge on any atom is -0.504 e. The van der Waals surface area contributed by atoms with Gasteiger partial charge in [-0.15, -0.1) is 0 Å². The maximum absolute atomic E-state index is 11.7. The summed E-state index contributed by atoms with van der Waals surface area (Å²) in [4.78, 5) is 11.7. The highest BCUT2D eigenvalue weighted by molar-refractivity contribution is 5.98. The SMILES string of the molecule is COCCCNCC(=O)c1ccc(O)c(O)c1. The van der Waals surface area contributed by atoms with Crippen LogP contribution in [-0.4, -0.2) is 42.8 Å². The zero-order chi connectivity index (χ0) is 12.7. The van der Waals surface area contributed by atoms with Crippen molar-refractivity contribution in [1.29, 1.82) is 0 Å². The number of aromatic hydroxyl groups is 2. The molecule has 0 fully saturated rings. The smallest absolute Gasteiger partial charge is 0.176 e. The van der Waals surface area contributed by atoms with E-state index >= 15 is 0 Å². The van der Waals surface area contributed by atoms with Crippen LogP contribution in [0, 0.1) is 0 Å². The van der Waals surface area contributed by atoms with Gasteiger partial charge in [-0.3, -0.25) is 4.79 Å². The number of carbonyl (C=O) groups excluding carboxylic acids is 1. The summed E-state index contributed by atoms with van der Waals surface area (Å²) in [5, 5.41) is 21.3. The molecule has 3 N–H and O–H groups in total. The minimum atomic E-state index is -0.282. The molecule has 17 heavy (non-hydrogen) atoms. The molecular weight excluding hydrogens is 222 g/mol. The maximum atomic E-state index is 11.7. The van der Waals surface area contributed by atoms with Crippen LogP contribution in [0.25, 0.3) is 0 Å². The molecule has 0 unspecified atom stereocenters. The van der Waals surface area contributed by atoms with E-state index < -0.39 is 0 Å². The van der Waals surface area contributed by atoms with Gasteiger partial charge >= 0.3 is 0 Å². The van der Waals surface area contributed by atoms with Crippen LogP contribution in [-0.2, 0) is 4.74 Å². The average Bonchev–Trinajstić information content (AvgIpc) is 2.32. The van der Waals surface area contributed by atoms with Gasteiger partial charge in [-0.05, 0) is 31.2 Å². The van der Waals surface area contributed by atoms with Crippen LogP contribution in [0.3, 0.4) is 0 Å². The van der Waals surface area contributed by atoms with Gasteiger partial charge in [0.05, 0.1) is 6.54 Å². The van der Waals surface area contributed by atoms with Gasteiger partial charge in [0.2, 0.25) is 0 Å². The van der Waals surface area contributed by atoms with Gasteiger partial charge in [0.1, 0.15) is 0 Å². The zero-order valence-corrected chi connectivity index (χ0v) is 9.77. The Morgan fingerprint density at radius 1 is 1.35 bits per heavy atom. The van der Waals surface area contributed by atoms with Crippen molar-refractivity contribution >= 4 is 5.78 Å². The molecule has 0 heterocycles. The molecule has 5 nitrogen and oxygen atoms in total. The summed E-state index contributed by atoms with van der Waals surface area (Å²) in [5.74, 6) is -0.637. The van der Waals surface area contributed by atoms with Crippen LogP contribution in [0.5, 0.6) is 11.5 Å². The van der Waals surface area contributed by atoms with Gasteiger partial charge in [0, 0.05) is 19.3 Å². The molecule has 1 rings (SSSR count). The number of rotatable bonds is 7. The lowest BCUT2D eigenvalue weighted by molar-refractivity contribution is 0.0989. The Morgan fingerprint density at radius 2 is 2.12 bits per heavy atom. The molecule has 5 heteroatoms. The second kappa shape index (κ2) is 6.88. The number of nitrogens with one attached hydrogen (secondary N) is 1. The van der Waals surface area contributed by atoms with Crippen molar-refractivity contribution in [3.05, 3.63) is 23.8 Å². The fourth-order valence-electron chi connectivity index (χ4n) is 1.34. The third kappa shape index (κ3) is 4.42. The fraction of sp³-hybridized carbons (Fsp3) is 0.417. The molecule has 0 spiro atoms. The molecule has 94 valence electrons. The van der Waals surface area contributed by atoms with Crippen LogP contribution in [0.2, 0.25) is 0 Å². The van der Waals surface area contributed by atoms with E-state index in [0.717, 1.165) is 6.42 Å². The molecule has 1 aromatic rings. The lowest BCUT2D eigenvalue weighted by Gasteiger charge is -2.05. The van der Waals surface area contributed by atoms with Crippen LogP contribution in [0.1, 0.15) is 16.8 Å². The number of hydrogen-bond donors (Lipinski definition) is 3. The number of methoxy groups -OCH3 is 1. The van der Waals surface area contributed by atoms with E-state index in [2.05, 4.69) is 5.32 Å². The topological polar surface area (TPSA) is 78.8 Å². The highest BCUT2D eigenvalue weighted by atomic mass is 16.5. The first kappa shape index (κ1) is 13.5. The second-order valence-corrected chi connectivity index (χ2v) is 3.65. The van der Waals surface area contributed by atoms with Crippen molar-refractivity contribution < 1.29 is 19.7 Å². The van der Waals surface area contributed by atoms with Crippen LogP contribution < -0.4 is 5.32 Å². The van der Waals surface area contributed by atoms with Gasteiger partial charge in [0.25, 0.3) is 0 Å². The third-order valence-electron chi connectivity index (χ3n) is 2.28. The van der Waals surface area contributed by atoms with E-state index in [1.165, 1.54) is 18.2 Å². The normalized spacial score (nSPS) is 10.4. The molecule has 0 saturated carbocycles. The molecule has 0 amide bonds. The first-order chi connectivity index (χ1) is 8.15. The van der Waals surface area contributed by atoms with Crippen LogP contribution in [0.15, 0.2) is 18.2 Å². The summed E-state index contributed by atoms with van der Waals surface area (Å²) in [5.41, 5.74) is 0.375. The Morgan fingerprint density at radius 3 is 2.76 bits per heavy atom. The Hall–Kier alpha value is -1.59. The minimum absolute atomic E-state index is 0.127. The van der Waals surface area contributed by atoms with E-state index in [1.807, 2.05) is 0 Å². The van der Waals surface area contributed by atoms with Crippen LogP contribution in [0.4, 0.5) is 0 Å². The second-order valence-electron chi connectivity index (χ2n) is 3.65. The number of phenols is 2. The zero-order valence-electron chi connectivity index (χ0n) is 9.77. The quantitative estimate of drug-likeness (QED) is 0.374. The lowest BCUT2D eigenvalue weighted by Crippen LogP contribution is -2.24. The number of carbonyl (C=O) groups is 1. The highest BCUT2D eigenvalue weighted by Crippen LogP contribution is 2.24. The van der Waals surface area contributed by atoms with E-state index in [4.69, 9.17) is 9.84 Å². The number of hydrogen-bond acceptors (Lipinski definition) is 5. The first-order valence-electron chi connectivity index (χ1n) is 5.40. The molecule has 0 atom stereocenters. The average molecular weight is 239 g/mol. The molecule has 0 aliphatic rings. The number of ketones is 1. The molecule has 1 aromatic carbocycles. The first-order valence-corrected chi connectivity index (χ1v) is 5.40. The van der Waals surface area contributed by atoms with Crippen molar-refractivity contribution in [2.75, 3.05) is 26.8 Å². The van der Waals surface area contributed by atoms with E-state index in [-0.39, 0.29) is 23.8 Å². The summed E-state index contributed by atoms with van der Waals surface area (Å²) in [6.45, 7) is 1.55. The monoisotopic (exact) mass is 239 g/mol. The largest absolute Gasteiger partial charge is 0.504 e. The van der Waals surface area contributed by atoms with Crippen molar-refractivity contribution in [3.8, 4) is 11.5 Å². The summed E-state index contributed by atoms with van der Waals surface area (Å²) < 4.78 is 4.88. The third-order valence-corrected chi connectivity index (χ3v) is 2.28. The van der Waals surface area contributed by atoms with Gasteiger partial charge in [-0.2, -0.15) is 0 Å². The van der Waals surface area contributed by atoms with Crippen molar-refractivity contribution in [2.45, 2.75) is 6.42 Å². The van der Waals surface area contributed by atoms with Crippen LogP contribution >= 0.6 is 0 Å². The van der Waals surface area contributed by atoms with Gasteiger partial charge in [-0.25, -0.2) is 0 Å². The van der Waals surface area contributed by atoms with E-state index in [1.54, 1.807) is 7.11 Å². The summed E-state index contributed by atoms with van der Waals surface area (Å²) in [6, 6.07) is 4.04. The Kier molecular flexibility index (Phi) is 5.45. The summed E-state index contributed by atoms with van der Waals surface area (Å²) in [6.07, 6.45) is 0.838. The van der Waals surface area contributed by atoms with Gasteiger partial charge < -0.3 is 20.3 Å². The number of phenolic OH excluding ortho intramolecular Hbond substituents is 2. The Bertz CT molecular complexity index is 379. The fourth-order valence-corrected chi connectivity index (χ4v) is 1.34. The Labute approximate surface area is 100 Å². The number of ether oxygens (including phenoxy) is 1. The maximum Gasteiger partial charge on any atom is 0.176 e. The van der Waals surface area contributed by atoms with E-state index in [0.29, 0.717) is 18.7 Å². The molecule has 0 radical (unpaired) electrons. The molecule has 0 aliphatic heterocycles. The van der Waals surface area contributed by atoms with Gasteiger partial charge in [-0.1, -0.05) is 0 Å². The Balaban J connectivity index is 2.39. The molecule has 0 aliphatic carbocycles.